The maximum Gasteiger partial charge on any atom is 0.410 e. The van der Waals surface area contributed by atoms with Crippen LogP contribution in [0.15, 0.2) is 41.9 Å². The zero-order valence-corrected chi connectivity index (χ0v) is 21.3. The lowest BCUT2D eigenvalue weighted by atomic mass is 10.1. The summed E-state index contributed by atoms with van der Waals surface area (Å²) >= 11 is 1.47. The van der Waals surface area contributed by atoms with Gasteiger partial charge in [0.1, 0.15) is 23.1 Å². The van der Waals surface area contributed by atoms with Gasteiger partial charge in [-0.1, -0.05) is 11.8 Å². The second kappa shape index (κ2) is 9.72. The van der Waals surface area contributed by atoms with Crippen LogP contribution in [0, 0.1) is 0 Å². The minimum atomic E-state index is -0.509. The number of aromatic nitrogens is 8. The maximum absolute atomic E-state index is 12.4. The van der Waals surface area contributed by atoms with Crippen molar-refractivity contribution in [2.45, 2.75) is 50.4 Å². The number of carbonyl (C=O) groups is 1. The van der Waals surface area contributed by atoms with E-state index in [2.05, 4.69) is 30.6 Å². The van der Waals surface area contributed by atoms with Gasteiger partial charge < -0.3 is 14.4 Å². The highest BCUT2D eigenvalue weighted by molar-refractivity contribution is 7.98. The standard InChI is InChI=1S/C23H27N9O3S/c1-23(2,3)35-22(33)30-11-9-16(10-12-30)31-19-18(13-26-31)20(25-14-24-19)34-17-7-5-15(6-8-17)32-21(36-4)27-28-29-32/h5-8,13-14,16H,9-12H2,1-4H3. The quantitative estimate of drug-likeness (QED) is 0.366. The SMILES string of the molecule is CSc1nnnn1-c1ccc(Oc2ncnc3c2cnn3C2CCN(C(=O)OC(C)(C)C)CC2)cc1. The molecule has 0 N–H and O–H groups in total. The summed E-state index contributed by atoms with van der Waals surface area (Å²) in [4.78, 5) is 22.9. The molecule has 1 aliphatic heterocycles. The number of rotatable bonds is 5. The average Bonchev–Trinajstić information content (AvgIpc) is 3.51. The minimum Gasteiger partial charge on any atom is -0.444 e. The molecule has 1 fully saturated rings. The molecule has 1 saturated heterocycles. The van der Waals surface area contributed by atoms with Gasteiger partial charge in [-0.3, -0.25) is 0 Å². The van der Waals surface area contributed by atoms with Crippen molar-refractivity contribution >= 4 is 28.9 Å². The van der Waals surface area contributed by atoms with Crippen LogP contribution in [0.4, 0.5) is 4.79 Å². The average molecular weight is 510 g/mol. The van der Waals surface area contributed by atoms with Gasteiger partial charge in [0.25, 0.3) is 0 Å². The first-order valence-corrected chi connectivity index (χ1v) is 12.8. The molecule has 4 aromatic rings. The number of piperidine rings is 1. The number of carbonyl (C=O) groups excluding carboxylic acids is 1. The van der Waals surface area contributed by atoms with Crippen molar-refractivity contribution in [3.8, 4) is 17.3 Å². The maximum atomic E-state index is 12.4. The highest BCUT2D eigenvalue weighted by Gasteiger charge is 2.29. The summed E-state index contributed by atoms with van der Waals surface area (Å²) in [6.45, 7) is 6.81. The van der Waals surface area contributed by atoms with Crippen molar-refractivity contribution in [2.75, 3.05) is 19.3 Å². The van der Waals surface area contributed by atoms with Crippen LogP contribution in [0.2, 0.25) is 0 Å². The Balaban J connectivity index is 1.29. The third-order valence-corrected chi connectivity index (χ3v) is 6.36. The van der Waals surface area contributed by atoms with Crippen molar-refractivity contribution in [2.24, 2.45) is 0 Å². The van der Waals surface area contributed by atoms with Crippen LogP contribution in [0.5, 0.6) is 11.6 Å². The lowest BCUT2D eigenvalue weighted by Crippen LogP contribution is -2.42. The third kappa shape index (κ3) is 4.96. The molecule has 0 saturated carbocycles. The summed E-state index contributed by atoms with van der Waals surface area (Å²) in [5, 5.41) is 17.7. The number of ether oxygens (including phenoxy) is 2. The fraction of sp³-hybridized carbons (Fsp3) is 0.435. The van der Waals surface area contributed by atoms with E-state index in [1.807, 2.05) is 56.0 Å². The van der Waals surface area contributed by atoms with Gasteiger partial charge in [0.05, 0.1) is 17.9 Å². The summed E-state index contributed by atoms with van der Waals surface area (Å²) in [5.41, 5.74) is 1.02. The minimum absolute atomic E-state index is 0.116. The Morgan fingerprint density at radius 3 is 2.56 bits per heavy atom. The van der Waals surface area contributed by atoms with Gasteiger partial charge in [0, 0.05) is 13.1 Å². The van der Waals surface area contributed by atoms with Crippen LogP contribution in [-0.2, 0) is 4.74 Å². The molecule has 0 unspecified atom stereocenters. The predicted molar refractivity (Wildman–Crippen MR) is 132 cm³/mol. The summed E-state index contributed by atoms with van der Waals surface area (Å²) in [6.07, 6.45) is 6.36. The molecule has 36 heavy (non-hydrogen) atoms. The number of amides is 1. The van der Waals surface area contributed by atoms with Crippen LogP contribution in [-0.4, -0.2) is 75.9 Å². The zero-order chi connectivity index (χ0) is 25.3. The van der Waals surface area contributed by atoms with E-state index in [-0.39, 0.29) is 12.1 Å². The number of fused-ring (bicyclic) bond motifs is 1. The number of benzene rings is 1. The Morgan fingerprint density at radius 1 is 1.11 bits per heavy atom. The number of hydrogen-bond acceptors (Lipinski definition) is 10. The molecule has 5 rings (SSSR count). The Bertz CT molecular complexity index is 1360. The van der Waals surface area contributed by atoms with Crippen LogP contribution in [0.3, 0.4) is 0 Å². The molecule has 0 radical (unpaired) electrons. The summed E-state index contributed by atoms with van der Waals surface area (Å²) in [6, 6.07) is 7.56. The van der Waals surface area contributed by atoms with Crippen molar-refractivity contribution in [3.63, 3.8) is 0 Å². The van der Waals surface area contributed by atoms with Gasteiger partial charge in [0.2, 0.25) is 11.0 Å². The van der Waals surface area contributed by atoms with E-state index in [1.165, 1.54) is 18.1 Å². The second-order valence-electron chi connectivity index (χ2n) is 9.38. The molecular formula is C23H27N9O3S. The summed E-state index contributed by atoms with van der Waals surface area (Å²) < 4.78 is 15.1. The number of tetrazole rings is 1. The first-order valence-electron chi connectivity index (χ1n) is 11.6. The van der Waals surface area contributed by atoms with E-state index in [0.717, 1.165) is 23.9 Å². The molecule has 0 spiro atoms. The van der Waals surface area contributed by atoms with E-state index < -0.39 is 5.60 Å². The molecule has 12 nitrogen and oxygen atoms in total. The van der Waals surface area contributed by atoms with Gasteiger partial charge in [-0.15, -0.1) is 5.10 Å². The molecular weight excluding hydrogens is 482 g/mol. The Kier molecular flexibility index (Phi) is 6.48. The summed E-state index contributed by atoms with van der Waals surface area (Å²) in [5.74, 6) is 1.05. The molecule has 188 valence electrons. The van der Waals surface area contributed by atoms with Gasteiger partial charge in [-0.05, 0) is 74.6 Å². The fourth-order valence-electron chi connectivity index (χ4n) is 4.04. The monoisotopic (exact) mass is 509 g/mol. The van der Waals surface area contributed by atoms with E-state index in [9.17, 15) is 4.79 Å². The summed E-state index contributed by atoms with van der Waals surface area (Å²) in [7, 11) is 0. The third-order valence-electron chi connectivity index (χ3n) is 5.74. The molecule has 0 aliphatic carbocycles. The second-order valence-corrected chi connectivity index (χ2v) is 10.2. The van der Waals surface area contributed by atoms with Gasteiger partial charge in [0.15, 0.2) is 5.65 Å². The van der Waals surface area contributed by atoms with Crippen molar-refractivity contribution in [3.05, 3.63) is 36.8 Å². The van der Waals surface area contributed by atoms with Gasteiger partial charge in [-0.25, -0.2) is 19.4 Å². The number of thioether (sulfide) groups is 1. The van der Waals surface area contributed by atoms with E-state index >= 15 is 0 Å². The van der Waals surface area contributed by atoms with Gasteiger partial charge >= 0.3 is 6.09 Å². The van der Waals surface area contributed by atoms with Crippen molar-refractivity contribution < 1.29 is 14.3 Å². The molecule has 3 aromatic heterocycles. The fourth-order valence-corrected chi connectivity index (χ4v) is 4.48. The lowest BCUT2D eigenvalue weighted by molar-refractivity contribution is 0.0186. The molecule has 1 aliphatic rings. The zero-order valence-electron chi connectivity index (χ0n) is 20.5. The molecule has 0 bridgehead atoms. The first kappa shape index (κ1) is 24.0. The van der Waals surface area contributed by atoms with Crippen LogP contribution in [0.25, 0.3) is 16.7 Å². The molecule has 13 heteroatoms. The van der Waals surface area contributed by atoms with E-state index in [1.54, 1.807) is 15.8 Å². The molecule has 1 aromatic carbocycles. The Morgan fingerprint density at radius 2 is 1.86 bits per heavy atom. The molecule has 4 heterocycles. The lowest BCUT2D eigenvalue weighted by Gasteiger charge is -2.33. The van der Waals surface area contributed by atoms with Gasteiger partial charge in [-0.2, -0.15) is 9.78 Å². The largest absolute Gasteiger partial charge is 0.444 e. The van der Waals surface area contributed by atoms with Crippen LogP contribution >= 0.6 is 11.8 Å². The normalized spacial score (nSPS) is 14.8. The molecule has 1 amide bonds. The van der Waals surface area contributed by atoms with E-state index in [0.29, 0.717) is 35.5 Å². The van der Waals surface area contributed by atoms with Crippen LogP contribution in [0.1, 0.15) is 39.7 Å². The number of hydrogen-bond donors (Lipinski definition) is 0. The number of likely N-dealkylation sites (tertiary alicyclic amines) is 1. The Hall–Kier alpha value is -3.74. The highest BCUT2D eigenvalue weighted by atomic mass is 32.2. The topological polar surface area (TPSA) is 126 Å². The van der Waals surface area contributed by atoms with Crippen molar-refractivity contribution in [1.29, 1.82) is 0 Å². The van der Waals surface area contributed by atoms with E-state index in [4.69, 9.17) is 9.47 Å². The van der Waals surface area contributed by atoms with Crippen LogP contribution < -0.4 is 4.74 Å². The first-order chi connectivity index (χ1) is 17.3. The highest BCUT2D eigenvalue weighted by Crippen LogP contribution is 2.31. The predicted octanol–water partition coefficient (Wildman–Crippen LogP) is 3.89. The van der Waals surface area contributed by atoms with Crippen molar-refractivity contribution in [1.82, 2.24) is 44.9 Å². The number of nitrogens with zero attached hydrogens (tertiary/aromatic N) is 9. The smallest absolute Gasteiger partial charge is 0.410 e. The molecule has 0 atom stereocenters. The Labute approximate surface area is 212 Å².